The lowest BCUT2D eigenvalue weighted by Crippen LogP contribution is -2.38. The lowest BCUT2D eigenvalue weighted by Gasteiger charge is -2.18. The number of rotatable bonds is 6. The molecule has 0 aliphatic heterocycles. The number of ether oxygens (including phenoxy) is 1. The molecule has 0 fully saturated rings. The Hall–Kier alpha value is -1.95. The number of carbonyl (C=O) groups is 1. The molecule has 0 saturated carbocycles. The molecule has 0 saturated heterocycles. The molecule has 0 aliphatic rings. The van der Waals surface area contributed by atoms with Crippen molar-refractivity contribution in [1.82, 2.24) is 10.3 Å². The lowest BCUT2D eigenvalue weighted by atomic mass is 10.0. The Morgan fingerprint density at radius 2 is 2.00 bits per heavy atom. The number of hydrogen-bond acceptors (Lipinski definition) is 3. The molecule has 2 aromatic rings. The topological polar surface area (TPSA) is 51.2 Å². The van der Waals surface area contributed by atoms with Gasteiger partial charge in [0.2, 0.25) is 0 Å². The van der Waals surface area contributed by atoms with Crippen LogP contribution in [0.25, 0.3) is 0 Å². The van der Waals surface area contributed by atoms with Gasteiger partial charge in [-0.2, -0.15) is 0 Å². The van der Waals surface area contributed by atoms with Crippen LogP contribution in [0.2, 0.25) is 0 Å². The van der Waals surface area contributed by atoms with Crippen molar-refractivity contribution in [2.75, 3.05) is 6.54 Å². The third kappa shape index (κ3) is 5.03. The van der Waals surface area contributed by atoms with Gasteiger partial charge in [0.1, 0.15) is 11.6 Å². The fourth-order valence-electron chi connectivity index (χ4n) is 2.02. The summed E-state index contributed by atoms with van der Waals surface area (Å²) in [6.07, 6.45) is 2.78. The number of nitrogens with one attached hydrogen (secondary N) is 1. The van der Waals surface area contributed by atoms with Gasteiger partial charge in [0, 0.05) is 18.9 Å². The second-order valence-electron chi connectivity index (χ2n) is 5.26. The molecule has 0 aliphatic carbocycles. The zero-order chi connectivity index (χ0) is 16.8. The summed E-state index contributed by atoms with van der Waals surface area (Å²) >= 11 is 3.21. The first-order valence-corrected chi connectivity index (χ1v) is 8.06. The number of carbonyl (C=O) groups excluding carboxylic acids is 1. The second kappa shape index (κ2) is 8.06. The normalized spacial score (nSPS) is 13.2. The third-order valence-electron chi connectivity index (χ3n) is 3.42. The van der Waals surface area contributed by atoms with Crippen molar-refractivity contribution in [2.45, 2.75) is 25.9 Å². The van der Waals surface area contributed by atoms with E-state index >= 15 is 0 Å². The van der Waals surface area contributed by atoms with Crippen molar-refractivity contribution in [3.05, 3.63) is 58.6 Å². The molecular formula is C17H18BrFN2O2. The predicted molar refractivity (Wildman–Crippen MR) is 89.9 cm³/mol. The highest BCUT2D eigenvalue weighted by Crippen LogP contribution is 2.26. The van der Waals surface area contributed by atoms with Crippen LogP contribution in [-0.2, 0) is 4.79 Å². The molecule has 0 bridgehead atoms. The summed E-state index contributed by atoms with van der Waals surface area (Å²) in [5, 5.41) is 2.86. The highest BCUT2D eigenvalue weighted by Gasteiger charge is 2.17. The molecule has 6 heteroatoms. The van der Waals surface area contributed by atoms with Crippen LogP contribution in [0.4, 0.5) is 4.39 Å². The van der Waals surface area contributed by atoms with E-state index in [1.165, 1.54) is 18.2 Å². The van der Waals surface area contributed by atoms with E-state index < -0.39 is 6.10 Å². The van der Waals surface area contributed by atoms with Crippen LogP contribution in [-0.4, -0.2) is 23.5 Å². The maximum atomic E-state index is 13.0. The summed E-state index contributed by atoms with van der Waals surface area (Å²) in [6.45, 7) is 4.18. The summed E-state index contributed by atoms with van der Waals surface area (Å²) < 4.78 is 19.1. The van der Waals surface area contributed by atoms with E-state index in [-0.39, 0.29) is 17.6 Å². The van der Waals surface area contributed by atoms with E-state index in [1.807, 2.05) is 19.1 Å². The van der Waals surface area contributed by atoms with Gasteiger partial charge in [0.25, 0.3) is 5.91 Å². The zero-order valence-electron chi connectivity index (χ0n) is 12.9. The van der Waals surface area contributed by atoms with Gasteiger partial charge in [-0.15, -0.1) is 0 Å². The number of pyridine rings is 1. The molecule has 1 aromatic carbocycles. The van der Waals surface area contributed by atoms with E-state index in [0.717, 1.165) is 5.56 Å². The quantitative estimate of drug-likeness (QED) is 0.831. The van der Waals surface area contributed by atoms with Gasteiger partial charge >= 0.3 is 0 Å². The Kier molecular flexibility index (Phi) is 6.10. The molecule has 2 atom stereocenters. The summed E-state index contributed by atoms with van der Waals surface area (Å²) in [6, 6.07) is 7.92. The minimum Gasteiger partial charge on any atom is -0.480 e. The summed E-state index contributed by atoms with van der Waals surface area (Å²) in [5.41, 5.74) is 1.11. The van der Waals surface area contributed by atoms with Gasteiger partial charge in [-0.05, 0) is 64.7 Å². The number of aromatic nitrogens is 1. The fourth-order valence-corrected chi connectivity index (χ4v) is 2.47. The van der Waals surface area contributed by atoms with Crippen LogP contribution >= 0.6 is 15.9 Å². The van der Waals surface area contributed by atoms with Gasteiger partial charge in [-0.1, -0.05) is 6.92 Å². The lowest BCUT2D eigenvalue weighted by molar-refractivity contribution is -0.127. The fraction of sp³-hybridized carbons (Fsp3) is 0.294. The Labute approximate surface area is 143 Å². The van der Waals surface area contributed by atoms with Gasteiger partial charge in [0.15, 0.2) is 6.10 Å². The molecule has 0 radical (unpaired) electrons. The van der Waals surface area contributed by atoms with Crippen LogP contribution in [0.5, 0.6) is 5.75 Å². The minimum atomic E-state index is -0.679. The third-order valence-corrected chi connectivity index (χ3v) is 4.04. The van der Waals surface area contributed by atoms with Crippen molar-refractivity contribution in [1.29, 1.82) is 0 Å². The molecule has 1 heterocycles. The summed E-state index contributed by atoms with van der Waals surface area (Å²) in [4.78, 5) is 16.1. The van der Waals surface area contributed by atoms with E-state index in [4.69, 9.17) is 4.74 Å². The standard InChI is InChI=1S/C17H18BrFN2O2/c1-11(13-5-7-20-8-6-13)10-21-17(22)12(2)23-16-4-3-14(19)9-15(16)18/h3-9,11-12H,10H2,1-2H3,(H,21,22)/t11-,12-/m0/s1. The van der Waals surface area contributed by atoms with E-state index in [9.17, 15) is 9.18 Å². The first-order chi connectivity index (χ1) is 11.0. The summed E-state index contributed by atoms with van der Waals surface area (Å²) in [5.74, 6) is 0.0116. The van der Waals surface area contributed by atoms with Crippen molar-refractivity contribution in [2.24, 2.45) is 0 Å². The van der Waals surface area contributed by atoms with Crippen molar-refractivity contribution >= 4 is 21.8 Å². The summed E-state index contributed by atoms with van der Waals surface area (Å²) in [7, 11) is 0. The van der Waals surface area contributed by atoms with Crippen molar-refractivity contribution in [3.63, 3.8) is 0 Å². The van der Waals surface area contributed by atoms with Crippen LogP contribution < -0.4 is 10.1 Å². The first-order valence-electron chi connectivity index (χ1n) is 7.26. The van der Waals surface area contributed by atoms with E-state index in [2.05, 4.69) is 26.2 Å². The van der Waals surface area contributed by atoms with Crippen LogP contribution in [0.1, 0.15) is 25.3 Å². The number of hydrogen-bond donors (Lipinski definition) is 1. The molecule has 0 spiro atoms. The Morgan fingerprint density at radius 3 is 2.65 bits per heavy atom. The van der Waals surface area contributed by atoms with E-state index in [1.54, 1.807) is 19.3 Å². The monoisotopic (exact) mass is 380 g/mol. The Bertz CT molecular complexity index is 667. The second-order valence-corrected chi connectivity index (χ2v) is 6.12. The SMILES string of the molecule is C[C@H](Oc1ccc(F)cc1Br)C(=O)NC[C@H](C)c1ccncc1. The van der Waals surface area contributed by atoms with Crippen molar-refractivity contribution < 1.29 is 13.9 Å². The molecule has 1 aromatic heterocycles. The molecule has 4 nitrogen and oxygen atoms in total. The molecular weight excluding hydrogens is 363 g/mol. The van der Waals surface area contributed by atoms with Gasteiger partial charge in [-0.3, -0.25) is 9.78 Å². The van der Waals surface area contributed by atoms with Gasteiger partial charge in [0.05, 0.1) is 4.47 Å². The van der Waals surface area contributed by atoms with Gasteiger partial charge in [-0.25, -0.2) is 4.39 Å². The molecule has 1 amide bonds. The average molecular weight is 381 g/mol. The van der Waals surface area contributed by atoms with Gasteiger partial charge < -0.3 is 10.1 Å². The molecule has 122 valence electrons. The largest absolute Gasteiger partial charge is 0.480 e. The minimum absolute atomic E-state index is 0.173. The van der Waals surface area contributed by atoms with Crippen LogP contribution in [0.15, 0.2) is 47.2 Å². The van der Waals surface area contributed by atoms with Crippen LogP contribution in [0, 0.1) is 5.82 Å². The highest BCUT2D eigenvalue weighted by molar-refractivity contribution is 9.10. The number of nitrogens with zero attached hydrogens (tertiary/aromatic N) is 1. The van der Waals surface area contributed by atoms with Crippen molar-refractivity contribution in [3.8, 4) is 5.75 Å². The Balaban J connectivity index is 1.87. The smallest absolute Gasteiger partial charge is 0.260 e. The average Bonchev–Trinajstić information content (AvgIpc) is 2.55. The number of amides is 1. The van der Waals surface area contributed by atoms with Crippen LogP contribution in [0.3, 0.4) is 0 Å². The zero-order valence-corrected chi connectivity index (χ0v) is 14.5. The molecule has 2 rings (SSSR count). The number of halogens is 2. The molecule has 0 unspecified atom stereocenters. The maximum Gasteiger partial charge on any atom is 0.260 e. The first kappa shape index (κ1) is 17.4. The highest BCUT2D eigenvalue weighted by atomic mass is 79.9. The maximum absolute atomic E-state index is 13.0. The molecule has 23 heavy (non-hydrogen) atoms. The predicted octanol–water partition coefficient (Wildman–Crippen LogP) is 3.67. The number of benzene rings is 1. The molecule has 1 N–H and O–H groups in total. The Morgan fingerprint density at radius 1 is 1.30 bits per heavy atom. The van der Waals surface area contributed by atoms with E-state index in [0.29, 0.717) is 16.8 Å².